The lowest BCUT2D eigenvalue weighted by atomic mass is 10.2. The van der Waals surface area contributed by atoms with Gasteiger partial charge in [-0.05, 0) is 41.5 Å². The van der Waals surface area contributed by atoms with Gasteiger partial charge in [0.2, 0.25) is 5.91 Å². The average Bonchev–Trinajstić information content (AvgIpc) is 2.58. The predicted molar refractivity (Wildman–Crippen MR) is 96.1 cm³/mol. The van der Waals surface area contributed by atoms with Crippen LogP contribution in [0.2, 0.25) is 0 Å². The normalized spacial score (nSPS) is 11.4. The highest BCUT2D eigenvalue weighted by Crippen LogP contribution is 2.16. The Labute approximate surface area is 156 Å². The van der Waals surface area contributed by atoms with Crippen molar-refractivity contribution in [2.75, 3.05) is 5.32 Å². The van der Waals surface area contributed by atoms with Crippen molar-refractivity contribution in [2.45, 2.75) is 12.7 Å². The van der Waals surface area contributed by atoms with Crippen LogP contribution in [0, 0.1) is 0 Å². The van der Waals surface area contributed by atoms with Gasteiger partial charge in [-0.3, -0.25) is 9.59 Å². The number of carbonyl (C=O) groups excluding carboxylic acids is 2. The summed E-state index contributed by atoms with van der Waals surface area (Å²) < 4.78 is 37.4. The molecule has 0 radical (unpaired) electrons. The number of halogens is 4. The fourth-order valence-electron chi connectivity index (χ4n) is 1.97. The number of rotatable bonds is 5. The quantitative estimate of drug-likeness (QED) is 0.701. The smallest absolute Gasteiger partial charge is 0.344 e. The molecule has 4 nitrogen and oxygen atoms in total. The number of carbonyl (C=O) groups is 2. The molecule has 2 aromatic carbocycles. The van der Waals surface area contributed by atoms with E-state index >= 15 is 0 Å². The molecule has 0 unspecified atom stereocenters. The zero-order valence-corrected chi connectivity index (χ0v) is 14.9. The summed E-state index contributed by atoms with van der Waals surface area (Å²) in [7, 11) is 0. The van der Waals surface area contributed by atoms with Crippen LogP contribution in [0.4, 0.5) is 18.9 Å². The lowest BCUT2D eigenvalue weighted by Gasteiger charge is -2.09. The monoisotopic (exact) mass is 426 g/mol. The van der Waals surface area contributed by atoms with Crippen LogP contribution in [-0.2, 0) is 16.1 Å². The zero-order chi connectivity index (χ0) is 19.2. The standard InChI is InChI=1S/C18H14BrF3N2O2/c19-14-7-4-12(5-8-14)6-9-16(25)24-15-3-1-2-13(10-15)11-23-17(26)18(20,21)22/h1-10H,11H2,(H,23,26)(H,24,25)/b9-6+. The number of hydrogen-bond acceptors (Lipinski definition) is 2. The zero-order valence-electron chi connectivity index (χ0n) is 13.3. The third-order valence-corrected chi connectivity index (χ3v) is 3.73. The average molecular weight is 427 g/mol. The second kappa shape index (κ2) is 8.66. The molecule has 0 fully saturated rings. The lowest BCUT2D eigenvalue weighted by Crippen LogP contribution is -2.36. The predicted octanol–water partition coefficient (Wildman–Crippen LogP) is 4.28. The van der Waals surface area contributed by atoms with E-state index in [1.807, 2.05) is 24.3 Å². The van der Waals surface area contributed by atoms with E-state index in [-0.39, 0.29) is 12.5 Å². The first-order valence-corrected chi connectivity index (χ1v) is 8.22. The summed E-state index contributed by atoms with van der Waals surface area (Å²) >= 11 is 3.32. The minimum absolute atomic E-state index is 0.295. The van der Waals surface area contributed by atoms with Gasteiger partial charge in [-0.15, -0.1) is 0 Å². The van der Waals surface area contributed by atoms with Gasteiger partial charge in [-0.2, -0.15) is 13.2 Å². The fraction of sp³-hybridized carbons (Fsp3) is 0.111. The molecule has 0 aromatic heterocycles. The molecule has 136 valence electrons. The SMILES string of the molecule is O=C(/C=C/c1ccc(Br)cc1)Nc1cccc(CNC(=O)C(F)(F)F)c1. The van der Waals surface area contributed by atoms with E-state index in [9.17, 15) is 22.8 Å². The van der Waals surface area contributed by atoms with Crippen LogP contribution in [-0.4, -0.2) is 18.0 Å². The number of anilines is 1. The van der Waals surface area contributed by atoms with E-state index in [0.29, 0.717) is 11.3 Å². The summed E-state index contributed by atoms with van der Waals surface area (Å²) in [6.45, 7) is -0.295. The molecule has 0 atom stereocenters. The molecule has 8 heteroatoms. The minimum Gasteiger partial charge on any atom is -0.344 e. The van der Waals surface area contributed by atoms with E-state index < -0.39 is 12.1 Å². The van der Waals surface area contributed by atoms with Gasteiger partial charge >= 0.3 is 12.1 Å². The van der Waals surface area contributed by atoms with Crippen LogP contribution in [0.25, 0.3) is 6.08 Å². The number of hydrogen-bond donors (Lipinski definition) is 2. The fourth-order valence-corrected chi connectivity index (χ4v) is 2.24. The Hall–Kier alpha value is -2.61. The van der Waals surface area contributed by atoms with Gasteiger partial charge in [0.1, 0.15) is 0 Å². The van der Waals surface area contributed by atoms with Crippen LogP contribution in [0.5, 0.6) is 0 Å². The molecule has 2 amide bonds. The van der Waals surface area contributed by atoms with Crippen LogP contribution in [0.1, 0.15) is 11.1 Å². The van der Waals surface area contributed by atoms with Crippen molar-refractivity contribution < 1.29 is 22.8 Å². The first kappa shape index (κ1) is 19.7. The summed E-state index contributed by atoms with van der Waals surface area (Å²) in [5.41, 5.74) is 1.68. The molecule has 0 bridgehead atoms. The highest BCUT2D eigenvalue weighted by molar-refractivity contribution is 9.10. The van der Waals surface area contributed by atoms with Gasteiger partial charge in [0.05, 0.1) is 0 Å². The molecular formula is C18H14BrF3N2O2. The Bertz CT molecular complexity index is 818. The molecule has 0 aliphatic rings. The van der Waals surface area contributed by atoms with Crippen LogP contribution >= 0.6 is 15.9 Å². The number of alkyl halides is 3. The second-order valence-corrected chi connectivity index (χ2v) is 6.17. The molecule has 0 aliphatic heterocycles. The van der Waals surface area contributed by atoms with E-state index in [4.69, 9.17) is 0 Å². The van der Waals surface area contributed by atoms with Gasteiger partial charge in [-0.25, -0.2) is 0 Å². The van der Waals surface area contributed by atoms with Crippen LogP contribution in [0.15, 0.2) is 59.1 Å². The summed E-state index contributed by atoms with van der Waals surface area (Å²) in [5.74, 6) is -2.39. The van der Waals surface area contributed by atoms with Crippen LogP contribution in [0.3, 0.4) is 0 Å². The molecular weight excluding hydrogens is 413 g/mol. The summed E-state index contributed by atoms with van der Waals surface area (Å²) in [6.07, 6.45) is -1.94. The van der Waals surface area contributed by atoms with Crippen molar-refractivity contribution in [1.29, 1.82) is 0 Å². The maximum absolute atomic E-state index is 12.2. The highest BCUT2D eigenvalue weighted by atomic mass is 79.9. The van der Waals surface area contributed by atoms with Gasteiger partial charge < -0.3 is 10.6 Å². The molecule has 2 aromatic rings. The molecule has 0 saturated carbocycles. The van der Waals surface area contributed by atoms with Crippen molar-refractivity contribution in [3.8, 4) is 0 Å². The maximum atomic E-state index is 12.2. The highest BCUT2D eigenvalue weighted by Gasteiger charge is 2.38. The maximum Gasteiger partial charge on any atom is 0.471 e. The summed E-state index contributed by atoms with van der Waals surface area (Å²) in [4.78, 5) is 22.8. The first-order valence-electron chi connectivity index (χ1n) is 7.42. The van der Waals surface area contributed by atoms with Crippen molar-refractivity contribution in [3.63, 3.8) is 0 Å². The molecule has 0 aliphatic carbocycles. The van der Waals surface area contributed by atoms with Crippen molar-refractivity contribution in [3.05, 3.63) is 70.2 Å². The van der Waals surface area contributed by atoms with Gasteiger partial charge in [0.25, 0.3) is 0 Å². The molecule has 0 saturated heterocycles. The van der Waals surface area contributed by atoms with E-state index in [0.717, 1.165) is 10.0 Å². The van der Waals surface area contributed by atoms with Gasteiger partial charge in [-0.1, -0.05) is 40.2 Å². The molecule has 0 spiro atoms. The van der Waals surface area contributed by atoms with E-state index in [2.05, 4.69) is 21.2 Å². The Morgan fingerprint density at radius 1 is 1.08 bits per heavy atom. The third kappa shape index (κ3) is 6.36. The number of nitrogens with one attached hydrogen (secondary N) is 2. The largest absolute Gasteiger partial charge is 0.471 e. The van der Waals surface area contributed by atoms with Crippen LogP contribution < -0.4 is 10.6 Å². The van der Waals surface area contributed by atoms with E-state index in [1.54, 1.807) is 29.6 Å². The summed E-state index contributed by atoms with van der Waals surface area (Å²) in [5, 5.41) is 4.39. The molecule has 0 heterocycles. The minimum atomic E-state index is -4.93. The Morgan fingerprint density at radius 3 is 2.42 bits per heavy atom. The lowest BCUT2D eigenvalue weighted by molar-refractivity contribution is -0.173. The number of benzene rings is 2. The topological polar surface area (TPSA) is 58.2 Å². The molecule has 2 rings (SSSR count). The van der Waals surface area contributed by atoms with Crippen molar-refractivity contribution in [2.24, 2.45) is 0 Å². The molecule has 2 N–H and O–H groups in total. The first-order chi connectivity index (χ1) is 12.2. The third-order valence-electron chi connectivity index (χ3n) is 3.20. The summed E-state index contributed by atoms with van der Waals surface area (Å²) in [6, 6.07) is 13.6. The van der Waals surface area contributed by atoms with Crippen molar-refractivity contribution in [1.82, 2.24) is 5.32 Å². The van der Waals surface area contributed by atoms with E-state index in [1.165, 1.54) is 12.1 Å². The molecule has 26 heavy (non-hydrogen) atoms. The Balaban J connectivity index is 1.94. The van der Waals surface area contributed by atoms with Gasteiger partial charge in [0.15, 0.2) is 0 Å². The second-order valence-electron chi connectivity index (χ2n) is 5.25. The Morgan fingerprint density at radius 2 is 1.77 bits per heavy atom. The Kier molecular flexibility index (Phi) is 6.57. The van der Waals surface area contributed by atoms with Gasteiger partial charge in [0, 0.05) is 22.8 Å². The van der Waals surface area contributed by atoms with Crippen molar-refractivity contribution >= 4 is 39.5 Å². The number of amides is 2.